The fourth-order valence-corrected chi connectivity index (χ4v) is 2.55. The number of nitrogens with two attached hydrogens (primary N) is 1. The van der Waals surface area contributed by atoms with Gasteiger partial charge in [0.25, 0.3) is 0 Å². The van der Waals surface area contributed by atoms with Crippen molar-refractivity contribution in [3.05, 3.63) is 11.7 Å². The molecule has 1 saturated heterocycles. The second-order valence-electron chi connectivity index (χ2n) is 6.75. The minimum Gasteiger partial charge on any atom is -0.338 e. The van der Waals surface area contributed by atoms with E-state index in [0.717, 1.165) is 31.3 Å². The van der Waals surface area contributed by atoms with E-state index in [1.807, 2.05) is 0 Å². The lowest BCUT2D eigenvalue weighted by molar-refractivity contribution is 0.102. The summed E-state index contributed by atoms with van der Waals surface area (Å²) in [5.74, 6) is 2.24. The Morgan fingerprint density at radius 1 is 1.40 bits per heavy atom. The predicted octanol–water partition coefficient (Wildman–Crippen LogP) is 2.35. The summed E-state index contributed by atoms with van der Waals surface area (Å²) in [6.45, 7) is 11.1. The maximum Gasteiger partial charge on any atom is 0.240 e. The number of hydrogen-bond acceptors (Lipinski definition) is 5. The minimum absolute atomic E-state index is 0. The molecule has 0 radical (unpaired) electrons. The first kappa shape index (κ1) is 17.4. The molecule has 2 rings (SSSR count). The lowest BCUT2D eigenvalue weighted by Gasteiger charge is -2.36. The van der Waals surface area contributed by atoms with E-state index < -0.39 is 0 Å². The Kier molecular flexibility index (Phi) is 5.98. The minimum atomic E-state index is -0.0641. The van der Waals surface area contributed by atoms with Gasteiger partial charge in [-0.1, -0.05) is 32.9 Å². The van der Waals surface area contributed by atoms with Gasteiger partial charge in [0.05, 0.1) is 6.54 Å². The van der Waals surface area contributed by atoms with E-state index >= 15 is 0 Å². The molecule has 2 N–H and O–H groups in total. The SMILES string of the molecule is CC1CCN(Cc2nc(C(C)(C)C)no2)C(CN)C1.Cl. The fourth-order valence-electron chi connectivity index (χ4n) is 2.55. The molecule has 5 nitrogen and oxygen atoms in total. The second kappa shape index (κ2) is 6.87. The molecule has 1 aromatic rings. The van der Waals surface area contributed by atoms with E-state index in [9.17, 15) is 0 Å². The van der Waals surface area contributed by atoms with Gasteiger partial charge in [-0.15, -0.1) is 12.4 Å². The number of hydrogen-bond donors (Lipinski definition) is 1. The number of likely N-dealkylation sites (tertiary alicyclic amines) is 1. The summed E-state index contributed by atoms with van der Waals surface area (Å²) < 4.78 is 5.37. The fraction of sp³-hybridized carbons (Fsp3) is 0.857. The van der Waals surface area contributed by atoms with Gasteiger partial charge in [0, 0.05) is 18.0 Å². The standard InChI is InChI=1S/C14H26N4O.ClH/c1-10-5-6-18(11(7-10)8-15)9-12-16-13(17-19-12)14(2,3)4;/h10-11H,5-9,15H2,1-4H3;1H. The number of rotatable bonds is 3. The second-order valence-corrected chi connectivity index (χ2v) is 6.75. The van der Waals surface area contributed by atoms with Crippen molar-refractivity contribution in [1.82, 2.24) is 15.0 Å². The molecule has 2 atom stereocenters. The van der Waals surface area contributed by atoms with Crippen molar-refractivity contribution >= 4 is 12.4 Å². The van der Waals surface area contributed by atoms with E-state index in [0.29, 0.717) is 18.5 Å². The van der Waals surface area contributed by atoms with E-state index in [4.69, 9.17) is 10.3 Å². The predicted molar refractivity (Wildman–Crippen MR) is 81.9 cm³/mol. The Bertz CT molecular complexity index is 416. The van der Waals surface area contributed by atoms with Crippen molar-refractivity contribution in [1.29, 1.82) is 0 Å². The first-order valence-corrected chi connectivity index (χ1v) is 7.17. The highest BCUT2D eigenvalue weighted by atomic mass is 35.5. The Hall–Kier alpha value is -0.650. The largest absolute Gasteiger partial charge is 0.338 e. The molecule has 2 unspecified atom stereocenters. The average Bonchev–Trinajstić information content (AvgIpc) is 2.79. The zero-order valence-electron chi connectivity index (χ0n) is 12.9. The zero-order chi connectivity index (χ0) is 14.0. The molecule has 1 fully saturated rings. The van der Waals surface area contributed by atoms with E-state index in [1.54, 1.807) is 0 Å². The maximum atomic E-state index is 5.88. The van der Waals surface area contributed by atoms with Gasteiger partial charge >= 0.3 is 0 Å². The van der Waals surface area contributed by atoms with Crippen molar-refractivity contribution in [2.75, 3.05) is 13.1 Å². The molecule has 2 heterocycles. The molecular formula is C14H27ClN4O. The Balaban J connectivity index is 0.00000200. The first-order chi connectivity index (χ1) is 8.90. The van der Waals surface area contributed by atoms with Crippen LogP contribution in [0.15, 0.2) is 4.52 Å². The molecule has 1 aliphatic heterocycles. The number of halogens is 1. The van der Waals surface area contributed by atoms with E-state index in [-0.39, 0.29) is 17.8 Å². The zero-order valence-corrected chi connectivity index (χ0v) is 13.7. The van der Waals surface area contributed by atoms with E-state index in [1.165, 1.54) is 6.42 Å². The number of piperidine rings is 1. The molecule has 0 aliphatic carbocycles. The molecule has 0 amide bonds. The van der Waals surface area contributed by atoms with Crippen LogP contribution in [0, 0.1) is 5.92 Å². The molecule has 0 aromatic carbocycles. The molecule has 20 heavy (non-hydrogen) atoms. The number of aromatic nitrogens is 2. The van der Waals surface area contributed by atoms with Crippen LogP contribution in [0.2, 0.25) is 0 Å². The van der Waals surface area contributed by atoms with Crippen LogP contribution in [-0.2, 0) is 12.0 Å². The van der Waals surface area contributed by atoms with Crippen molar-refractivity contribution < 1.29 is 4.52 Å². The third kappa shape index (κ3) is 4.17. The van der Waals surface area contributed by atoms with Crippen molar-refractivity contribution in [3.8, 4) is 0 Å². The molecule has 1 aromatic heterocycles. The van der Waals surface area contributed by atoms with Gasteiger partial charge in [0.2, 0.25) is 5.89 Å². The quantitative estimate of drug-likeness (QED) is 0.928. The van der Waals surface area contributed by atoms with Crippen LogP contribution >= 0.6 is 12.4 Å². The Morgan fingerprint density at radius 3 is 2.65 bits per heavy atom. The van der Waals surface area contributed by atoms with Crippen LogP contribution in [-0.4, -0.2) is 34.2 Å². The first-order valence-electron chi connectivity index (χ1n) is 7.17. The number of nitrogens with zero attached hydrogens (tertiary/aromatic N) is 3. The maximum absolute atomic E-state index is 5.88. The lowest BCUT2D eigenvalue weighted by Crippen LogP contribution is -2.45. The van der Waals surface area contributed by atoms with Crippen LogP contribution < -0.4 is 5.73 Å². The highest BCUT2D eigenvalue weighted by Gasteiger charge is 2.27. The molecule has 6 heteroatoms. The molecule has 0 bridgehead atoms. The Labute approximate surface area is 127 Å². The van der Waals surface area contributed by atoms with Gasteiger partial charge in [-0.3, -0.25) is 4.90 Å². The van der Waals surface area contributed by atoms with Crippen LogP contribution in [0.4, 0.5) is 0 Å². The summed E-state index contributed by atoms with van der Waals surface area (Å²) in [5, 5.41) is 4.07. The van der Waals surface area contributed by atoms with Gasteiger partial charge in [-0.05, 0) is 25.3 Å². The molecule has 1 aliphatic rings. The lowest BCUT2D eigenvalue weighted by atomic mass is 9.92. The van der Waals surface area contributed by atoms with Gasteiger partial charge in [0.15, 0.2) is 5.82 Å². The highest BCUT2D eigenvalue weighted by molar-refractivity contribution is 5.85. The van der Waals surface area contributed by atoms with E-state index in [2.05, 4.69) is 42.7 Å². The summed E-state index contributed by atoms with van der Waals surface area (Å²) in [7, 11) is 0. The Morgan fingerprint density at radius 2 is 2.10 bits per heavy atom. The topological polar surface area (TPSA) is 68.2 Å². The van der Waals surface area contributed by atoms with Crippen LogP contribution in [0.25, 0.3) is 0 Å². The van der Waals surface area contributed by atoms with Gasteiger partial charge in [-0.2, -0.15) is 4.98 Å². The third-order valence-corrected chi connectivity index (χ3v) is 3.85. The van der Waals surface area contributed by atoms with Crippen LogP contribution in [0.5, 0.6) is 0 Å². The summed E-state index contributed by atoms with van der Waals surface area (Å²) in [5.41, 5.74) is 5.81. The van der Waals surface area contributed by atoms with Crippen molar-refractivity contribution in [2.24, 2.45) is 11.7 Å². The average molecular weight is 303 g/mol. The van der Waals surface area contributed by atoms with Crippen LogP contribution in [0.3, 0.4) is 0 Å². The smallest absolute Gasteiger partial charge is 0.240 e. The third-order valence-electron chi connectivity index (χ3n) is 3.85. The molecule has 0 saturated carbocycles. The summed E-state index contributed by atoms with van der Waals surface area (Å²) in [4.78, 5) is 6.88. The van der Waals surface area contributed by atoms with Crippen molar-refractivity contribution in [2.45, 2.75) is 58.5 Å². The van der Waals surface area contributed by atoms with Gasteiger partial charge < -0.3 is 10.3 Å². The van der Waals surface area contributed by atoms with Crippen LogP contribution in [0.1, 0.15) is 52.3 Å². The normalized spacial score (nSPS) is 24.4. The highest BCUT2D eigenvalue weighted by Crippen LogP contribution is 2.24. The molecular weight excluding hydrogens is 276 g/mol. The van der Waals surface area contributed by atoms with Gasteiger partial charge in [0.1, 0.15) is 0 Å². The summed E-state index contributed by atoms with van der Waals surface area (Å²) >= 11 is 0. The summed E-state index contributed by atoms with van der Waals surface area (Å²) in [6.07, 6.45) is 2.38. The van der Waals surface area contributed by atoms with Crippen molar-refractivity contribution in [3.63, 3.8) is 0 Å². The summed E-state index contributed by atoms with van der Waals surface area (Å²) in [6, 6.07) is 0.439. The monoisotopic (exact) mass is 302 g/mol. The molecule has 0 spiro atoms. The molecule has 116 valence electrons. The van der Waals surface area contributed by atoms with Gasteiger partial charge in [-0.25, -0.2) is 0 Å².